The maximum absolute atomic E-state index is 13.3. The first-order chi connectivity index (χ1) is 18.6. The van der Waals surface area contributed by atoms with E-state index in [2.05, 4.69) is 20.5 Å². The summed E-state index contributed by atoms with van der Waals surface area (Å²) in [5.41, 5.74) is -0.436. The lowest BCUT2D eigenvalue weighted by molar-refractivity contribution is -0.142. The number of rotatable bonds is 7. The average Bonchev–Trinajstić information content (AvgIpc) is 2.91. The molecule has 1 aliphatic heterocycles. The van der Waals surface area contributed by atoms with Gasteiger partial charge in [-0.05, 0) is 30.2 Å². The number of aromatic nitrogens is 2. The monoisotopic (exact) mass is 544 g/mol. The molecule has 1 aliphatic rings. The number of amides is 2. The standard InChI is InChI=1S/C27H31F3N6O3/c1-17(2)23(25(37)39-3)34-24-18-8-4-6-10-20(18)31-22(33-24)16-35-12-14-36(15-13-35)26(38)32-21-11-7-5-9-19(21)27(28,29)30/h4-11,17,23H,12-16H2,1-3H3,(H,32,38)(H,31,33,34)/t23-/m0/s1. The van der Waals surface area contributed by atoms with E-state index in [1.54, 1.807) is 0 Å². The van der Waals surface area contributed by atoms with Crippen molar-refractivity contribution in [3.63, 3.8) is 0 Å². The fourth-order valence-electron chi connectivity index (χ4n) is 4.42. The molecule has 1 aromatic heterocycles. The highest BCUT2D eigenvalue weighted by atomic mass is 19.4. The van der Waals surface area contributed by atoms with Crippen molar-refractivity contribution in [3.05, 3.63) is 59.9 Å². The molecule has 2 amide bonds. The number of nitrogens with zero attached hydrogens (tertiary/aromatic N) is 4. The molecule has 0 bridgehead atoms. The number of halogens is 3. The number of benzene rings is 2. The van der Waals surface area contributed by atoms with Gasteiger partial charge in [0.05, 0.1) is 30.4 Å². The minimum atomic E-state index is -4.57. The number of esters is 1. The molecule has 2 N–H and O–H groups in total. The highest BCUT2D eigenvalue weighted by Gasteiger charge is 2.34. The van der Waals surface area contributed by atoms with Gasteiger partial charge in [0, 0.05) is 31.6 Å². The summed E-state index contributed by atoms with van der Waals surface area (Å²) in [6.07, 6.45) is -4.57. The van der Waals surface area contributed by atoms with Gasteiger partial charge in [-0.15, -0.1) is 0 Å². The molecule has 9 nitrogen and oxygen atoms in total. The number of nitrogens with one attached hydrogen (secondary N) is 2. The number of fused-ring (bicyclic) bond motifs is 1. The fourth-order valence-corrected chi connectivity index (χ4v) is 4.42. The summed E-state index contributed by atoms with van der Waals surface area (Å²) in [6.45, 7) is 5.87. The molecular formula is C27H31F3N6O3. The molecule has 3 aromatic rings. The summed E-state index contributed by atoms with van der Waals surface area (Å²) in [6, 6.07) is 11.2. The van der Waals surface area contributed by atoms with Gasteiger partial charge in [0.2, 0.25) is 0 Å². The number of ether oxygens (including phenoxy) is 1. The van der Waals surface area contributed by atoms with E-state index < -0.39 is 23.8 Å². The smallest absolute Gasteiger partial charge is 0.418 e. The third kappa shape index (κ3) is 6.75. The Bertz CT molecular complexity index is 1330. The molecule has 0 radical (unpaired) electrons. The molecule has 1 saturated heterocycles. The number of alkyl halides is 3. The third-order valence-electron chi connectivity index (χ3n) is 6.56. The minimum Gasteiger partial charge on any atom is -0.467 e. The highest BCUT2D eigenvalue weighted by molar-refractivity contribution is 5.91. The summed E-state index contributed by atoms with van der Waals surface area (Å²) < 4.78 is 44.8. The number of piperazine rings is 1. The number of hydrogen-bond acceptors (Lipinski definition) is 7. The number of carbonyl (C=O) groups is 2. The van der Waals surface area contributed by atoms with Gasteiger partial charge in [0.25, 0.3) is 0 Å². The van der Waals surface area contributed by atoms with E-state index in [0.717, 1.165) is 17.0 Å². The van der Waals surface area contributed by atoms with Crippen LogP contribution in [0, 0.1) is 5.92 Å². The first kappa shape index (κ1) is 28.1. The second kappa shape index (κ2) is 11.9. The van der Waals surface area contributed by atoms with Gasteiger partial charge >= 0.3 is 18.2 Å². The zero-order valence-electron chi connectivity index (χ0n) is 22.0. The highest BCUT2D eigenvalue weighted by Crippen LogP contribution is 2.34. The van der Waals surface area contributed by atoms with Gasteiger partial charge in [-0.25, -0.2) is 19.6 Å². The Morgan fingerprint density at radius 1 is 1.00 bits per heavy atom. The molecular weight excluding hydrogens is 513 g/mol. The molecule has 39 heavy (non-hydrogen) atoms. The maximum atomic E-state index is 13.3. The Hall–Kier alpha value is -3.93. The molecule has 4 rings (SSSR count). The van der Waals surface area contributed by atoms with E-state index in [4.69, 9.17) is 9.72 Å². The SMILES string of the molecule is COC(=O)[C@@H](Nc1nc(CN2CCN(C(=O)Nc3ccccc3C(F)(F)F)CC2)nc2ccccc12)C(C)C. The van der Waals surface area contributed by atoms with Crippen LogP contribution in [0.2, 0.25) is 0 Å². The summed E-state index contributed by atoms with van der Waals surface area (Å²) in [7, 11) is 1.35. The largest absolute Gasteiger partial charge is 0.467 e. The first-order valence-corrected chi connectivity index (χ1v) is 12.6. The molecule has 12 heteroatoms. The van der Waals surface area contributed by atoms with Crippen LogP contribution in [0.15, 0.2) is 48.5 Å². The second-order valence-corrected chi connectivity index (χ2v) is 9.63. The second-order valence-electron chi connectivity index (χ2n) is 9.63. The van der Waals surface area contributed by atoms with Crippen LogP contribution in [-0.2, 0) is 22.3 Å². The van der Waals surface area contributed by atoms with Crippen molar-refractivity contribution < 1.29 is 27.5 Å². The predicted molar refractivity (Wildman–Crippen MR) is 141 cm³/mol. The number of carbonyl (C=O) groups excluding carboxylic acids is 2. The Morgan fingerprint density at radius 2 is 1.67 bits per heavy atom. The van der Waals surface area contributed by atoms with Crippen LogP contribution >= 0.6 is 0 Å². The predicted octanol–water partition coefficient (Wildman–Crippen LogP) is 4.61. The maximum Gasteiger partial charge on any atom is 0.418 e. The number of methoxy groups -OCH3 is 1. The molecule has 0 spiro atoms. The molecule has 0 unspecified atom stereocenters. The number of hydrogen-bond donors (Lipinski definition) is 2. The van der Waals surface area contributed by atoms with E-state index in [0.29, 0.717) is 44.4 Å². The lowest BCUT2D eigenvalue weighted by Gasteiger charge is -2.34. The molecule has 1 fully saturated rings. The van der Waals surface area contributed by atoms with Crippen LogP contribution in [0.5, 0.6) is 0 Å². The van der Waals surface area contributed by atoms with Gasteiger partial charge in [-0.1, -0.05) is 38.1 Å². The van der Waals surface area contributed by atoms with Crippen molar-refractivity contribution in [1.82, 2.24) is 19.8 Å². The van der Waals surface area contributed by atoms with Crippen LogP contribution in [0.1, 0.15) is 25.2 Å². The molecule has 2 aromatic carbocycles. The van der Waals surface area contributed by atoms with Crippen molar-refractivity contribution in [2.24, 2.45) is 5.92 Å². The Labute approximate surface area is 224 Å². The number of urea groups is 1. The van der Waals surface area contributed by atoms with Crippen LogP contribution < -0.4 is 10.6 Å². The lowest BCUT2D eigenvalue weighted by atomic mass is 10.0. The van der Waals surface area contributed by atoms with E-state index in [-0.39, 0.29) is 17.6 Å². The van der Waals surface area contributed by atoms with Gasteiger partial charge in [-0.3, -0.25) is 4.90 Å². The van der Waals surface area contributed by atoms with E-state index in [1.807, 2.05) is 38.1 Å². The summed E-state index contributed by atoms with van der Waals surface area (Å²) in [5.74, 6) is 0.639. The van der Waals surface area contributed by atoms with Crippen molar-refractivity contribution in [1.29, 1.82) is 0 Å². The van der Waals surface area contributed by atoms with Crippen LogP contribution in [0.4, 0.5) is 29.5 Å². The zero-order chi connectivity index (χ0) is 28.2. The molecule has 1 atom stereocenters. The van der Waals surface area contributed by atoms with E-state index in [1.165, 1.54) is 30.2 Å². The first-order valence-electron chi connectivity index (χ1n) is 12.6. The van der Waals surface area contributed by atoms with E-state index in [9.17, 15) is 22.8 Å². The van der Waals surface area contributed by atoms with Crippen molar-refractivity contribution in [2.45, 2.75) is 32.6 Å². The average molecular weight is 545 g/mol. The summed E-state index contributed by atoms with van der Waals surface area (Å²) in [4.78, 5) is 38.0. The van der Waals surface area contributed by atoms with Crippen molar-refractivity contribution >= 4 is 34.4 Å². The Kier molecular flexibility index (Phi) is 8.54. The van der Waals surface area contributed by atoms with Gasteiger partial charge in [0.1, 0.15) is 17.7 Å². The van der Waals surface area contributed by atoms with Gasteiger partial charge in [-0.2, -0.15) is 13.2 Å². The van der Waals surface area contributed by atoms with Crippen LogP contribution in [0.3, 0.4) is 0 Å². The van der Waals surface area contributed by atoms with Crippen molar-refractivity contribution in [3.8, 4) is 0 Å². The lowest BCUT2D eigenvalue weighted by Crippen LogP contribution is -2.49. The van der Waals surface area contributed by atoms with Crippen LogP contribution in [0.25, 0.3) is 10.9 Å². The number of para-hydroxylation sites is 2. The molecule has 0 aliphatic carbocycles. The molecule has 0 saturated carbocycles. The quantitative estimate of drug-likeness (QED) is 0.419. The van der Waals surface area contributed by atoms with Gasteiger partial charge < -0.3 is 20.3 Å². The fraction of sp³-hybridized carbons (Fsp3) is 0.407. The summed E-state index contributed by atoms with van der Waals surface area (Å²) in [5, 5.41) is 6.40. The molecule has 2 heterocycles. The Morgan fingerprint density at radius 3 is 2.33 bits per heavy atom. The van der Waals surface area contributed by atoms with Gasteiger partial charge in [0.15, 0.2) is 0 Å². The normalized spacial score (nSPS) is 15.3. The molecule has 208 valence electrons. The zero-order valence-corrected chi connectivity index (χ0v) is 22.0. The minimum absolute atomic E-state index is 0.0445. The van der Waals surface area contributed by atoms with Crippen molar-refractivity contribution in [2.75, 3.05) is 43.9 Å². The van der Waals surface area contributed by atoms with E-state index >= 15 is 0 Å². The number of anilines is 2. The summed E-state index contributed by atoms with van der Waals surface area (Å²) >= 11 is 0. The third-order valence-corrected chi connectivity index (χ3v) is 6.56. The van der Waals surface area contributed by atoms with Crippen LogP contribution in [-0.4, -0.2) is 71.1 Å². The Balaban J connectivity index is 1.43. The topological polar surface area (TPSA) is 99.7 Å².